The van der Waals surface area contributed by atoms with Crippen LogP contribution in [0.5, 0.6) is 0 Å². The molecule has 1 aliphatic rings. The molecule has 1 fully saturated rings. The van der Waals surface area contributed by atoms with E-state index in [1.165, 1.54) is 18.5 Å². The van der Waals surface area contributed by atoms with E-state index in [2.05, 4.69) is 32.0 Å². The quantitative estimate of drug-likeness (QED) is 0.918. The first kappa shape index (κ1) is 17.2. The minimum atomic E-state index is -1.02. The Balaban J connectivity index is 1.63. The maximum absolute atomic E-state index is 13.2. The van der Waals surface area contributed by atoms with Crippen molar-refractivity contribution in [2.45, 2.75) is 6.92 Å². The van der Waals surface area contributed by atoms with Gasteiger partial charge in [-0.2, -0.15) is 0 Å². The van der Waals surface area contributed by atoms with Crippen molar-refractivity contribution in [3.63, 3.8) is 0 Å². The van der Waals surface area contributed by atoms with E-state index in [4.69, 9.17) is 0 Å². The zero-order chi connectivity index (χ0) is 17.8. The van der Waals surface area contributed by atoms with Crippen LogP contribution in [0.2, 0.25) is 0 Å². The number of rotatable bonds is 4. The first-order valence-corrected chi connectivity index (χ1v) is 8.12. The molecule has 0 aliphatic carbocycles. The van der Waals surface area contributed by atoms with E-state index >= 15 is 0 Å². The number of aromatic nitrogens is 2. The molecule has 1 aliphatic heterocycles. The summed E-state index contributed by atoms with van der Waals surface area (Å²) in [4.78, 5) is 25.1. The lowest BCUT2D eigenvalue weighted by Gasteiger charge is -2.33. The number of carbonyl (C=O) groups is 1. The smallest absolute Gasteiger partial charge is 0.258 e. The summed E-state index contributed by atoms with van der Waals surface area (Å²) < 4.78 is 26.1. The molecule has 132 valence electrons. The fourth-order valence-electron chi connectivity index (χ4n) is 2.64. The summed E-state index contributed by atoms with van der Waals surface area (Å²) in [5.74, 6) is -1.88. The van der Waals surface area contributed by atoms with Gasteiger partial charge in [-0.15, -0.1) is 0 Å². The summed E-state index contributed by atoms with van der Waals surface area (Å²) in [7, 11) is 0. The molecule has 1 aromatic heterocycles. The number of hydrogen-bond acceptors (Lipinski definition) is 5. The molecule has 0 radical (unpaired) electrons. The van der Waals surface area contributed by atoms with Gasteiger partial charge in [0.1, 0.15) is 0 Å². The van der Waals surface area contributed by atoms with Gasteiger partial charge < -0.3 is 15.1 Å². The highest BCUT2D eigenvalue weighted by atomic mass is 19.2. The highest BCUT2D eigenvalue weighted by Gasteiger charge is 2.18. The van der Waals surface area contributed by atoms with E-state index in [1.54, 1.807) is 0 Å². The summed E-state index contributed by atoms with van der Waals surface area (Å²) in [5.41, 5.74) is 0.421. The lowest BCUT2D eigenvalue weighted by atomic mass is 10.2. The SMILES string of the molecule is CCN1CCN(c2ncc(C(=O)Nc3ccc(F)c(F)c3)cn2)CC1. The highest BCUT2D eigenvalue weighted by molar-refractivity contribution is 6.03. The molecule has 3 rings (SSSR count). The molecule has 1 amide bonds. The van der Waals surface area contributed by atoms with Gasteiger partial charge in [-0.05, 0) is 18.7 Å². The van der Waals surface area contributed by atoms with E-state index in [1.807, 2.05) is 0 Å². The van der Waals surface area contributed by atoms with Crippen LogP contribution in [0, 0.1) is 11.6 Å². The van der Waals surface area contributed by atoms with Gasteiger partial charge in [0.15, 0.2) is 11.6 Å². The van der Waals surface area contributed by atoms with Crippen LogP contribution in [0.25, 0.3) is 0 Å². The van der Waals surface area contributed by atoms with Crippen molar-refractivity contribution in [1.29, 1.82) is 0 Å². The second-order valence-electron chi connectivity index (χ2n) is 5.78. The number of likely N-dealkylation sites (N-methyl/N-ethyl adjacent to an activating group) is 1. The van der Waals surface area contributed by atoms with E-state index in [-0.39, 0.29) is 11.3 Å². The fraction of sp³-hybridized carbons (Fsp3) is 0.353. The van der Waals surface area contributed by atoms with Gasteiger partial charge in [-0.1, -0.05) is 6.92 Å². The van der Waals surface area contributed by atoms with Gasteiger partial charge in [0.25, 0.3) is 5.91 Å². The fourth-order valence-corrected chi connectivity index (χ4v) is 2.64. The molecule has 0 saturated carbocycles. The van der Waals surface area contributed by atoms with Crippen molar-refractivity contribution in [2.24, 2.45) is 0 Å². The minimum absolute atomic E-state index is 0.170. The number of nitrogens with zero attached hydrogens (tertiary/aromatic N) is 4. The van der Waals surface area contributed by atoms with Crippen LogP contribution in [0.1, 0.15) is 17.3 Å². The number of nitrogens with one attached hydrogen (secondary N) is 1. The minimum Gasteiger partial charge on any atom is -0.338 e. The van der Waals surface area contributed by atoms with Crippen LogP contribution in [-0.2, 0) is 0 Å². The van der Waals surface area contributed by atoms with Gasteiger partial charge in [0.05, 0.1) is 5.56 Å². The zero-order valence-corrected chi connectivity index (χ0v) is 13.9. The number of benzene rings is 1. The molecule has 0 unspecified atom stereocenters. The second kappa shape index (κ2) is 7.52. The van der Waals surface area contributed by atoms with Crippen LogP contribution in [0.4, 0.5) is 20.4 Å². The molecule has 0 atom stereocenters. The molecule has 1 N–H and O–H groups in total. The number of anilines is 2. The van der Waals surface area contributed by atoms with Crippen molar-refractivity contribution in [1.82, 2.24) is 14.9 Å². The first-order chi connectivity index (χ1) is 12.1. The summed E-state index contributed by atoms with van der Waals surface area (Å²) >= 11 is 0. The molecule has 0 bridgehead atoms. The van der Waals surface area contributed by atoms with Crippen molar-refractivity contribution in [3.05, 3.63) is 47.8 Å². The molecular weight excluding hydrogens is 328 g/mol. The van der Waals surface area contributed by atoms with Crippen molar-refractivity contribution in [3.8, 4) is 0 Å². The Bertz CT molecular complexity index is 745. The first-order valence-electron chi connectivity index (χ1n) is 8.12. The molecule has 2 heterocycles. The lowest BCUT2D eigenvalue weighted by Crippen LogP contribution is -2.46. The Morgan fingerprint density at radius 3 is 2.40 bits per heavy atom. The molecule has 8 heteroatoms. The highest BCUT2D eigenvalue weighted by Crippen LogP contribution is 2.15. The topological polar surface area (TPSA) is 61.4 Å². The molecule has 6 nitrogen and oxygen atoms in total. The standard InChI is InChI=1S/C17H19F2N5O/c1-2-23-5-7-24(8-6-23)17-20-10-12(11-21-17)16(25)22-13-3-4-14(18)15(19)9-13/h3-4,9-11H,2,5-8H2,1H3,(H,22,25). The monoisotopic (exact) mass is 347 g/mol. The maximum Gasteiger partial charge on any atom is 0.258 e. The van der Waals surface area contributed by atoms with Crippen LogP contribution in [0.15, 0.2) is 30.6 Å². The molecule has 2 aromatic rings. The van der Waals surface area contributed by atoms with Gasteiger partial charge in [0, 0.05) is 50.3 Å². The van der Waals surface area contributed by atoms with Gasteiger partial charge in [-0.25, -0.2) is 18.7 Å². The Labute approximate surface area is 144 Å². The Hall–Kier alpha value is -2.61. The molecule has 25 heavy (non-hydrogen) atoms. The Morgan fingerprint density at radius 2 is 1.80 bits per heavy atom. The van der Waals surface area contributed by atoms with Crippen molar-refractivity contribution >= 4 is 17.5 Å². The molecule has 1 aromatic carbocycles. The third kappa shape index (κ3) is 4.08. The molecule has 0 spiro atoms. The summed E-state index contributed by atoms with van der Waals surface area (Å²) in [6, 6.07) is 3.18. The number of hydrogen-bond donors (Lipinski definition) is 1. The third-order valence-electron chi connectivity index (χ3n) is 4.18. The van der Waals surface area contributed by atoms with E-state index in [0.29, 0.717) is 5.95 Å². The van der Waals surface area contributed by atoms with Crippen LogP contribution in [0.3, 0.4) is 0 Å². The second-order valence-corrected chi connectivity index (χ2v) is 5.78. The van der Waals surface area contributed by atoms with Gasteiger partial charge in [-0.3, -0.25) is 4.79 Å². The van der Waals surface area contributed by atoms with E-state index < -0.39 is 17.5 Å². The van der Waals surface area contributed by atoms with E-state index in [0.717, 1.165) is 44.9 Å². The van der Waals surface area contributed by atoms with Crippen molar-refractivity contribution < 1.29 is 13.6 Å². The Morgan fingerprint density at radius 1 is 1.12 bits per heavy atom. The molecular formula is C17H19F2N5O. The average molecular weight is 347 g/mol. The predicted octanol–water partition coefficient (Wildman–Crippen LogP) is 2.15. The normalized spacial score (nSPS) is 15.2. The summed E-state index contributed by atoms with van der Waals surface area (Å²) in [6.45, 7) is 6.75. The average Bonchev–Trinajstić information content (AvgIpc) is 2.65. The summed E-state index contributed by atoms with van der Waals surface area (Å²) in [6.07, 6.45) is 2.87. The Kier molecular flexibility index (Phi) is 5.18. The maximum atomic E-state index is 13.2. The summed E-state index contributed by atoms with van der Waals surface area (Å²) in [5, 5.41) is 2.49. The van der Waals surface area contributed by atoms with Crippen LogP contribution in [-0.4, -0.2) is 53.5 Å². The van der Waals surface area contributed by atoms with Gasteiger partial charge in [0.2, 0.25) is 5.95 Å². The van der Waals surface area contributed by atoms with Crippen LogP contribution >= 0.6 is 0 Å². The number of piperazine rings is 1. The van der Waals surface area contributed by atoms with Crippen molar-refractivity contribution in [2.75, 3.05) is 42.9 Å². The number of halogens is 2. The van der Waals surface area contributed by atoms with E-state index in [9.17, 15) is 13.6 Å². The predicted molar refractivity (Wildman–Crippen MR) is 90.7 cm³/mol. The zero-order valence-electron chi connectivity index (χ0n) is 13.9. The third-order valence-corrected chi connectivity index (χ3v) is 4.18. The number of amides is 1. The van der Waals surface area contributed by atoms with Crippen LogP contribution < -0.4 is 10.2 Å². The van der Waals surface area contributed by atoms with Gasteiger partial charge >= 0.3 is 0 Å². The largest absolute Gasteiger partial charge is 0.338 e. The molecule has 1 saturated heterocycles. The number of carbonyl (C=O) groups excluding carboxylic acids is 1. The lowest BCUT2D eigenvalue weighted by molar-refractivity contribution is 0.102.